The monoisotopic (exact) mass is 542 g/mol. The number of hydrogen-bond donors (Lipinski definition) is 2. The summed E-state index contributed by atoms with van der Waals surface area (Å²) in [4.78, 5) is 6.47. The van der Waals surface area contributed by atoms with Crippen LogP contribution in [0, 0.1) is 0 Å². The zero-order chi connectivity index (χ0) is 21.3. The van der Waals surface area contributed by atoms with E-state index in [2.05, 4.69) is 34.6 Å². The molecule has 1 aliphatic heterocycles. The zero-order valence-electron chi connectivity index (χ0n) is 18.0. The van der Waals surface area contributed by atoms with E-state index in [1.165, 1.54) is 0 Å². The lowest BCUT2D eigenvalue weighted by atomic mass is 9.88. The second-order valence-electron chi connectivity index (χ2n) is 7.07. The van der Waals surface area contributed by atoms with Gasteiger partial charge in [-0.1, -0.05) is 12.1 Å². The molecule has 0 aromatic heterocycles. The number of halogens is 3. The van der Waals surface area contributed by atoms with Crippen LogP contribution in [0.3, 0.4) is 0 Å². The van der Waals surface area contributed by atoms with Crippen molar-refractivity contribution >= 4 is 29.9 Å². The van der Waals surface area contributed by atoms with E-state index in [-0.39, 0.29) is 41.8 Å². The predicted molar refractivity (Wildman–Crippen MR) is 124 cm³/mol. The summed E-state index contributed by atoms with van der Waals surface area (Å²) in [6, 6.07) is 5.09. The van der Waals surface area contributed by atoms with Crippen LogP contribution < -0.4 is 20.1 Å². The number of hydrogen-bond acceptors (Lipinski definition) is 5. The van der Waals surface area contributed by atoms with Crippen molar-refractivity contribution < 1.29 is 23.0 Å². The summed E-state index contributed by atoms with van der Waals surface area (Å²) in [7, 11) is 5.81. The zero-order valence-corrected chi connectivity index (χ0v) is 20.4. The highest BCUT2D eigenvalue weighted by Crippen LogP contribution is 2.32. The Morgan fingerprint density at radius 1 is 1.27 bits per heavy atom. The molecule has 1 aromatic carbocycles. The van der Waals surface area contributed by atoms with Gasteiger partial charge in [-0.2, -0.15) is 8.78 Å². The Morgan fingerprint density at radius 3 is 2.53 bits per heavy atom. The molecule has 10 heteroatoms. The fourth-order valence-electron chi connectivity index (χ4n) is 3.37. The molecule has 0 atom stereocenters. The largest absolute Gasteiger partial charge is 0.490 e. The SMILES string of the molecule is CCOc1cccc(CNC(=NC)NCC2(N(C)C)CCOCC2)c1OC(F)F.I. The van der Waals surface area contributed by atoms with Gasteiger partial charge in [0.2, 0.25) is 0 Å². The van der Waals surface area contributed by atoms with Crippen LogP contribution in [0.25, 0.3) is 0 Å². The van der Waals surface area contributed by atoms with Gasteiger partial charge < -0.3 is 29.7 Å². The minimum Gasteiger partial charge on any atom is -0.490 e. The predicted octanol–water partition coefficient (Wildman–Crippen LogP) is 3.08. The number of rotatable bonds is 9. The van der Waals surface area contributed by atoms with Crippen molar-refractivity contribution in [2.45, 2.75) is 38.5 Å². The van der Waals surface area contributed by atoms with E-state index in [1.807, 2.05) is 0 Å². The van der Waals surface area contributed by atoms with Gasteiger partial charge in [0, 0.05) is 44.5 Å². The van der Waals surface area contributed by atoms with E-state index in [4.69, 9.17) is 14.2 Å². The van der Waals surface area contributed by atoms with Gasteiger partial charge in [-0.25, -0.2) is 0 Å². The Labute approximate surface area is 194 Å². The molecule has 1 fully saturated rings. The Hall–Kier alpha value is -1.40. The molecule has 2 N–H and O–H groups in total. The Kier molecular flexibility index (Phi) is 11.6. The normalized spacial score (nSPS) is 16.2. The molecule has 1 aromatic rings. The van der Waals surface area contributed by atoms with Crippen molar-refractivity contribution in [3.05, 3.63) is 23.8 Å². The van der Waals surface area contributed by atoms with Crippen LogP contribution in [0.5, 0.6) is 11.5 Å². The second kappa shape index (κ2) is 13.1. The first-order valence-corrected chi connectivity index (χ1v) is 9.81. The molecule has 0 saturated carbocycles. The van der Waals surface area contributed by atoms with Gasteiger partial charge in [-0.3, -0.25) is 4.99 Å². The van der Waals surface area contributed by atoms with Crippen LogP contribution in [0.15, 0.2) is 23.2 Å². The lowest BCUT2D eigenvalue weighted by molar-refractivity contribution is -0.0520. The lowest BCUT2D eigenvalue weighted by Gasteiger charge is -2.43. The van der Waals surface area contributed by atoms with Crippen LogP contribution in [-0.4, -0.2) is 70.5 Å². The molecule has 1 aliphatic rings. The van der Waals surface area contributed by atoms with Gasteiger partial charge in [0.25, 0.3) is 0 Å². The number of likely N-dealkylation sites (N-methyl/N-ethyl adjacent to an activating group) is 1. The summed E-state index contributed by atoms with van der Waals surface area (Å²) < 4.78 is 41.4. The summed E-state index contributed by atoms with van der Waals surface area (Å²) >= 11 is 0. The van der Waals surface area contributed by atoms with Gasteiger partial charge in [0.15, 0.2) is 17.5 Å². The molecule has 0 unspecified atom stereocenters. The molecule has 30 heavy (non-hydrogen) atoms. The molecule has 172 valence electrons. The molecule has 1 heterocycles. The first-order valence-electron chi connectivity index (χ1n) is 9.81. The third kappa shape index (κ3) is 7.38. The molecular formula is C20H33F2IN4O3. The fourth-order valence-corrected chi connectivity index (χ4v) is 3.37. The van der Waals surface area contributed by atoms with Crippen molar-refractivity contribution in [2.75, 3.05) is 47.5 Å². The van der Waals surface area contributed by atoms with Crippen molar-refractivity contribution in [1.29, 1.82) is 0 Å². The van der Waals surface area contributed by atoms with E-state index >= 15 is 0 Å². The van der Waals surface area contributed by atoms with E-state index in [1.54, 1.807) is 32.2 Å². The molecule has 0 radical (unpaired) electrons. The molecule has 7 nitrogen and oxygen atoms in total. The van der Waals surface area contributed by atoms with Gasteiger partial charge in [-0.15, -0.1) is 24.0 Å². The molecule has 0 amide bonds. The topological polar surface area (TPSA) is 67.4 Å². The van der Waals surface area contributed by atoms with E-state index < -0.39 is 6.61 Å². The maximum Gasteiger partial charge on any atom is 0.387 e. The van der Waals surface area contributed by atoms with E-state index in [9.17, 15) is 8.78 Å². The summed E-state index contributed by atoms with van der Waals surface area (Å²) in [5, 5.41) is 6.53. The summed E-state index contributed by atoms with van der Waals surface area (Å²) in [6.45, 7) is 1.63. The van der Waals surface area contributed by atoms with Crippen molar-refractivity contribution in [1.82, 2.24) is 15.5 Å². The molecule has 2 rings (SSSR count). The highest BCUT2D eigenvalue weighted by Gasteiger charge is 2.34. The molecule has 1 saturated heterocycles. The Bertz CT molecular complexity index is 671. The molecule has 0 spiro atoms. The van der Waals surface area contributed by atoms with Crippen LogP contribution in [0.2, 0.25) is 0 Å². The van der Waals surface area contributed by atoms with Crippen LogP contribution in [0.1, 0.15) is 25.3 Å². The molecule has 0 bridgehead atoms. The number of nitrogens with one attached hydrogen (secondary N) is 2. The van der Waals surface area contributed by atoms with Crippen molar-refractivity contribution in [2.24, 2.45) is 4.99 Å². The van der Waals surface area contributed by atoms with Crippen LogP contribution in [0.4, 0.5) is 8.78 Å². The minimum atomic E-state index is -2.93. The smallest absolute Gasteiger partial charge is 0.387 e. The number of alkyl halides is 2. The van der Waals surface area contributed by atoms with Gasteiger partial charge in [0.05, 0.1) is 6.61 Å². The maximum absolute atomic E-state index is 12.9. The average Bonchev–Trinajstić information content (AvgIpc) is 2.70. The van der Waals surface area contributed by atoms with Crippen LogP contribution in [-0.2, 0) is 11.3 Å². The van der Waals surface area contributed by atoms with Gasteiger partial charge in [-0.05, 0) is 39.9 Å². The summed E-state index contributed by atoms with van der Waals surface area (Å²) in [5.41, 5.74) is 0.543. The Morgan fingerprint density at radius 2 is 1.97 bits per heavy atom. The third-order valence-electron chi connectivity index (χ3n) is 5.19. The second-order valence-corrected chi connectivity index (χ2v) is 7.07. The summed E-state index contributed by atoms with van der Waals surface area (Å²) in [6.07, 6.45) is 1.85. The number of aliphatic imine (C=N–C) groups is 1. The van der Waals surface area contributed by atoms with Crippen LogP contribution >= 0.6 is 24.0 Å². The Balaban J connectivity index is 0.00000450. The number of guanidine groups is 1. The molecular weight excluding hydrogens is 509 g/mol. The summed E-state index contributed by atoms with van der Waals surface area (Å²) in [5.74, 6) is 0.924. The van der Waals surface area contributed by atoms with Crippen molar-refractivity contribution in [3.8, 4) is 11.5 Å². The lowest BCUT2D eigenvalue weighted by Crippen LogP contribution is -2.57. The highest BCUT2D eigenvalue weighted by atomic mass is 127. The van der Waals surface area contributed by atoms with Gasteiger partial charge >= 0.3 is 6.61 Å². The number of nitrogens with zero attached hydrogens (tertiary/aromatic N) is 2. The van der Waals surface area contributed by atoms with Crippen molar-refractivity contribution in [3.63, 3.8) is 0 Å². The van der Waals surface area contributed by atoms with E-state index in [0.717, 1.165) is 26.1 Å². The quantitative estimate of drug-likeness (QED) is 0.284. The number of para-hydroxylation sites is 1. The maximum atomic E-state index is 12.9. The average molecular weight is 542 g/mol. The number of ether oxygens (including phenoxy) is 3. The van der Waals surface area contributed by atoms with Gasteiger partial charge in [0.1, 0.15) is 0 Å². The fraction of sp³-hybridized carbons (Fsp3) is 0.650. The molecule has 0 aliphatic carbocycles. The first kappa shape index (κ1) is 26.6. The highest BCUT2D eigenvalue weighted by molar-refractivity contribution is 14.0. The first-order chi connectivity index (χ1) is 13.9. The van der Waals surface area contributed by atoms with E-state index in [0.29, 0.717) is 30.4 Å². The number of benzene rings is 1. The minimum absolute atomic E-state index is 0. The standard InChI is InChI=1S/C20H32F2N4O3.HI/c1-5-28-16-8-6-7-15(17(16)29-18(21)22)13-24-19(23-2)25-14-20(26(3)4)9-11-27-12-10-20;/h6-8,18H,5,9-14H2,1-4H3,(H2,23,24,25);1H. The third-order valence-corrected chi connectivity index (χ3v) is 5.19.